The SMILES string of the molecule is Cc1ccc(S(=O)(=O)OCc2c(C)cccc2F)cc1. The highest BCUT2D eigenvalue weighted by Crippen LogP contribution is 2.18. The second kappa shape index (κ2) is 5.73. The first kappa shape index (κ1) is 14.7. The van der Waals surface area contributed by atoms with Crippen LogP contribution in [0.1, 0.15) is 16.7 Å². The molecule has 0 atom stereocenters. The molecule has 0 amide bonds. The van der Waals surface area contributed by atoms with E-state index in [1.54, 1.807) is 31.2 Å². The van der Waals surface area contributed by atoms with Crippen molar-refractivity contribution in [1.82, 2.24) is 0 Å². The number of halogens is 1. The van der Waals surface area contributed by atoms with Gasteiger partial charge in [-0.15, -0.1) is 0 Å². The summed E-state index contributed by atoms with van der Waals surface area (Å²) in [7, 11) is -3.88. The van der Waals surface area contributed by atoms with Gasteiger partial charge < -0.3 is 0 Å². The van der Waals surface area contributed by atoms with Crippen molar-refractivity contribution in [2.45, 2.75) is 25.3 Å². The lowest BCUT2D eigenvalue weighted by atomic mass is 10.1. The summed E-state index contributed by atoms with van der Waals surface area (Å²) in [5.74, 6) is -0.468. The first-order valence-electron chi connectivity index (χ1n) is 6.10. The maximum atomic E-state index is 13.6. The molecule has 0 heterocycles. The molecule has 0 bridgehead atoms. The molecule has 0 unspecified atom stereocenters. The zero-order valence-electron chi connectivity index (χ0n) is 11.3. The quantitative estimate of drug-likeness (QED) is 0.812. The summed E-state index contributed by atoms with van der Waals surface area (Å²) >= 11 is 0. The van der Waals surface area contributed by atoms with Crippen LogP contribution in [0.3, 0.4) is 0 Å². The number of aryl methyl sites for hydroxylation is 2. The van der Waals surface area contributed by atoms with Crippen molar-refractivity contribution in [2.24, 2.45) is 0 Å². The van der Waals surface area contributed by atoms with Gasteiger partial charge in [-0.05, 0) is 37.6 Å². The lowest BCUT2D eigenvalue weighted by molar-refractivity contribution is 0.301. The summed E-state index contributed by atoms with van der Waals surface area (Å²) in [5, 5.41) is 0. The predicted octanol–water partition coefficient (Wildman–Crippen LogP) is 3.35. The molecule has 20 heavy (non-hydrogen) atoms. The van der Waals surface area contributed by atoms with E-state index in [1.165, 1.54) is 18.2 Å². The molecule has 0 spiro atoms. The fraction of sp³-hybridized carbons (Fsp3) is 0.200. The second-order valence-corrected chi connectivity index (χ2v) is 6.18. The van der Waals surface area contributed by atoms with E-state index in [9.17, 15) is 12.8 Å². The zero-order valence-corrected chi connectivity index (χ0v) is 12.1. The fourth-order valence-electron chi connectivity index (χ4n) is 1.76. The van der Waals surface area contributed by atoms with Gasteiger partial charge in [0.05, 0.1) is 11.5 Å². The molecule has 0 N–H and O–H groups in total. The standard InChI is InChI=1S/C15H15FO3S/c1-11-6-8-13(9-7-11)20(17,18)19-10-14-12(2)4-3-5-15(14)16/h3-9H,10H2,1-2H3. The van der Waals surface area contributed by atoms with E-state index in [-0.39, 0.29) is 17.1 Å². The van der Waals surface area contributed by atoms with Crippen LogP contribution in [0.25, 0.3) is 0 Å². The van der Waals surface area contributed by atoms with Gasteiger partial charge in [0, 0.05) is 5.56 Å². The molecule has 0 aliphatic heterocycles. The Balaban J connectivity index is 2.20. The third-order valence-corrected chi connectivity index (χ3v) is 4.30. The molecule has 5 heteroatoms. The van der Waals surface area contributed by atoms with Crippen LogP contribution in [0.5, 0.6) is 0 Å². The van der Waals surface area contributed by atoms with Gasteiger partial charge in [-0.3, -0.25) is 4.18 Å². The Morgan fingerprint density at radius 3 is 2.30 bits per heavy atom. The van der Waals surface area contributed by atoms with Crippen molar-refractivity contribution in [2.75, 3.05) is 0 Å². The van der Waals surface area contributed by atoms with Crippen molar-refractivity contribution in [1.29, 1.82) is 0 Å². The average molecular weight is 294 g/mol. The second-order valence-electron chi connectivity index (χ2n) is 4.56. The maximum absolute atomic E-state index is 13.6. The summed E-state index contributed by atoms with van der Waals surface area (Å²) < 4.78 is 42.5. The molecule has 2 rings (SSSR count). The van der Waals surface area contributed by atoms with E-state index in [4.69, 9.17) is 4.18 Å². The van der Waals surface area contributed by atoms with E-state index < -0.39 is 15.9 Å². The summed E-state index contributed by atoms with van der Waals surface area (Å²) in [6.07, 6.45) is 0. The van der Waals surface area contributed by atoms with Crippen LogP contribution in [0, 0.1) is 19.7 Å². The highest BCUT2D eigenvalue weighted by molar-refractivity contribution is 7.86. The van der Waals surface area contributed by atoms with Gasteiger partial charge in [0.2, 0.25) is 0 Å². The van der Waals surface area contributed by atoms with Crippen molar-refractivity contribution in [3.8, 4) is 0 Å². The van der Waals surface area contributed by atoms with Gasteiger partial charge in [-0.25, -0.2) is 4.39 Å². The first-order chi connectivity index (χ1) is 9.40. The summed E-state index contributed by atoms with van der Waals surface area (Å²) in [6.45, 7) is 3.26. The third kappa shape index (κ3) is 3.23. The maximum Gasteiger partial charge on any atom is 0.297 e. The normalized spacial score (nSPS) is 11.6. The molecular weight excluding hydrogens is 279 g/mol. The van der Waals surface area contributed by atoms with Crippen LogP contribution in [0.4, 0.5) is 4.39 Å². The van der Waals surface area contributed by atoms with Crippen molar-refractivity contribution in [3.63, 3.8) is 0 Å². The van der Waals surface area contributed by atoms with E-state index in [2.05, 4.69) is 0 Å². The largest absolute Gasteiger partial charge is 0.297 e. The van der Waals surface area contributed by atoms with Gasteiger partial charge in [0.25, 0.3) is 10.1 Å². The van der Waals surface area contributed by atoms with E-state index in [0.717, 1.165) is 5.56 Å². The van der Waals surface area contributed by atoms with Crippen LogP contribution in [0.15, 0.2) is 47.4 Å². The number of benzene rings is 2. The summed E-state index contributed by atoms with van der Waals surface area (Å²) in [6, 6.07) is 10.9. The minimum absolute atomic E-state index is 0.0668. The first-order valence-corrected chi connectivity index (χ1v) is 7.51. The molecule has 0 aliphatic carbocycles. The molecule has 2 aromatic rings. The molecule has 106 valence electrons. The van der Waals surface area contributed by atoms with Crippen molar-refractivity contribution >= 4 is 10.1 Å². The number of rotatable bonds is 4. The molecule has 0 fully saturated rings. The van der Waals surface area contributed by atoms with Gasteiger partial charge in [0.15, 0.2) is 0 Å². The van der Waals surface area contributed by atoms with Crippen LogP contribution in [-0.2, 0) is 20.9 Å². The van der Waals surface area contributed by atoms with E-state index in [0.29, 0.717) is 5.56 Å². The van der Waals surface area contributed by atoms with E-state index in [1.807, 2.05) is 6.92 Å². The Kier molecular flexibility index (Phi) is 4.20. The van der Waals surface area contributed by atoms with Crippen molar-refractivity contribution in [3.05, 3.63) is 65.0 Å². The van der Waals surface area contributed by atoms with Crippen LogP contribution >= 0.6 is 0 Å². The molecule has 2 aromatic carbocycles. The Morgan fingerprint density at radius 1 is 1.05 bits per heavy atom. The van der Waals surface area contributed by atoms with E-state index >= 15 is 0 Å². The van der Waals surface area contributed by atoms with Crippen LogP contribution in [0.2, 0.25) is 0 Å². The lowest BCUT2D eigenvalue weighted by Gasteiger charge is -2.09. The molecular formula is C15H15FO3S. The zero-order chi connectivity index (χ0) is 14.8. The van der Waals surface area contributed by atoms with Crippen LogP contribution in [-0.4, -0.2) is 8.42 Å². The van der Waals surface area contributed by atoms with Crippen molar-refractivity contribution < 1.29 is 17.0 Å². The lowest BCUT2D eigenvalue weighted by Crippen LogP contribution is -2.08. The highest BCUT2D eigenvalue weighted by Gasteiger charge is 2.16. The monoisotopic (exact) mass is 294 g/mol. The van der Waals surface area contributed by atoms with Gasteiger partial charge in [-0.1, -0.05) is 29.8 Å². The van der Waals surface area contributed by atoms with Crippen LogP contribution < -0.4 is 0 Å². The Labute approximate surface area is 118 Å². The molecule has 3 nitrogen and oxygen atoms in total. The number of hydrogen-bond donors (Lipinski definition) is 0. The molecule has 0 aromatic heterocycles. The van der Waals surface area contributed by atoms with Gasteiger partial charge >= 0.3 is 0 Å². The Morgan fingerprint density at radius 2 is 1.70 bits per heavy atom. The minimum atomic E-state index is -3.88. The van der Waals surface area contributed by atoms with Gasteiger partial charge in [0.1, 0.15) is 5.82 Å². The minimum Gasteiger partial charge on any atom is -0.261 e. The summed E-state index contributed by atoms with van der Waals surface area (Å²) in [5.41, 5.74) is 1.86. The predicted molar refractivity (Wildman–Crippen MR) is 74.3 cm³/mol. The average Bonchev–Trinajstić information content (AvgIpc) is 2.38. The molecule has 0 saturated heterocycles. The summed E-state index contributed by atoms with van der Waals surface area (Å²) in [4.78, 5) is 0.0668. The Bertz CT molecular complexity index is 686. The molecule has 0 saturated carbocycles. The fourth-order valence-corrected chi connectivity index (χ4v) is 2.64. The third-order valence-electron chi connectivity index (χ3n) is 3.02. The molecule has 0 aliphatic rings. The highest BCUT2D eigenvalue weighted by atomic mass is 32.2. The number of hydrogen-bond acceptors (Lipinski definition) is 3. The Hall–Kier alpha value is -1.72. The smallest absolute Gasteiger partial charge is 0.261 e. The molecule has 0 radical (unpaired) electrons. The topological polar surface area (TPSA) is 43.4 Å². The van der Waals surface area contributed by atoms with Gasteiger partial charge in [-0.2, -0.15) is 8.42 Å².